The van der Waals surface area contributed by atoms with Crippen molar-refractivity contribution in [2.45, 2.75) is 90.9 Å². The number of rotatable bonds is 7. The minimum atomic E-state index is 0.109. The van der Waals surface area contributed by atoms with E-state index in [1.807, 2.05) is 0 Å². The van der Waals surface area contributed by atoms with Gasteiger partial charge in [-0.25, -0.2) is 0 Å². The predicted octanol–water partition coefficient (Wildman–Crippen LogP) is 4.38. The van der Waals surface area contributed by atoms with Crippen LogP contribution < -0.4 is 5.32 Å². The Morgan fingerprint density at radius 2 is 1.60 bits per heavy atom. The van der Waals surface area contributed by atoms with Crippen LogP contribution in [0.15, 0.2) is 0 Å². The fraction of sp³-hybridized carbons (Fsp3) is 1.00. The molecule has 2 rings (SSSR count). The van der Waals surface area contributed by atoms with E-state index < -0.39 is 0 Å². The van der Waals surface area contributed by atoms with Crippen LogP contribution in [0.5, 0.6) is 0 Å². The normalized spacial score (nSPS) is 32.9. The quantitative estimate of drug-likeness (QED) is 0.747. The molecule has 2 nitrogen and oxygen atoms in total. The van der Waals surface area contributed by atoms with Gasteiger partial charge in [-0.3, -0.25) is 0 Å². The molecule has 0 aromatic rings. The highest BCUT2D eigenvalue weighted by Gasteiger charge is 2.39. The van der Waals surface area contributed by atoms with Gasteiger partial charge < -0.3 is 10.1 Å². The van der Waals surface area contributed by atoms with E-state index >= 15 is 0 Å². The Hall–Kier alpha value is -0.0800. The molecular formula is C18H35NO. The Kier molecular flexibility index (Phi) is 5.53. The minimum Gasteiger partial charge on any atom is -0.370 e. The van der Waals surface area contributed by atoms with Gasteiger partial charge in [0.1, 0.15) is 0 Å². The van der Waals surface area contributed by atoms with Crippen molar-refractivity contribution in [2.75, 3.05) is 6.54 Å². The van der Waals surface area contributed by atoms with Crippen molar-refractivity contribution in [3.8, 4) is 0 Å². The molecule has 0 bridgehead atoms. The van der Waals surface area contributed by atoms with E-state index in [-0.39, 0.29) is 5.60 Å². The number of hydrogen-bond donors (Lipinski definition) is 1. The molecular weight excluding hydrogens is 246 g/mol. The van der Waals surface area contributed by atoms with Gasteiger partial charge >= 0.3 is 0 Å². The molecule has 118 valence electrons. The van der Waals surface area contributed by atoms with Crippen LogP contribution in [0.2, 0.25) is 0 Å². The number of nitrogens with one attached hydrogen (secondary N) is 1. The monoisotopic (exact) mass is 281 g/mol. The molecule has 0 heterocycles. The van der Waals surface area contributed by atoms with Crippen LogP contribution in [0.4, 0.5) is 0 Å². The summed E-state index contributed by atoms with van der Waals surface area (Å²) in [6, 6.07) is 0.785. The smallest absolute Gasteiger partial charge is 0.0810 e. The summed E-state index contributed by atoms with van der Waals surface area (Å²) in [6.07, 6.45) is 8.27. The van der Waals surface area contributed by atoms with Gasteiger partial charge in [-0.2, -0.15) is 0 Å². The maximum atomic E-state index is 6.58. The molecule has 2 saturated carbocycles. The molecule has 1 unspecified atom stereocenters. The zero-order valence-corrected chi connectivity index (χ0v) is 14.2. The molecule has 1 N–H and O–H groups in total. The lowest BCUT2D eigenvalue weighted by Gasteiger charge is -2.43. The third kappa shape index (κ3) is 4.46. The second kappa shape index (κ2) is 6.79. The maximum Gasteiger partial charge on any atom is 0.0810 e. The molecule has 2 aliphatic carbocycles. The Bertz CT molecular complexity index is 288. The second-order valence-electron chi connectivity index (χ2n) is 7.99. The van der Waals surface area contributed by atoms with E-state index in [0.29, 0.717) is 12.0 Å². The molecule has 1 atom stereocenters. The lowest BCUT2D eigenvalue weighted by atomic mass is 9.74. The summed E-state index contributed by atoms with van der Waals surface area (Å²) in [5, 5.41) is 3.73. The Morgan fingerprint density at radius 1 is 1.00 bits per heavy atom. The fourth-order valence-corrected chi connectivity index (χ4v) is 3.32. The van der Waals surface area contributed by atoms with Crippen LogP contribution in [0.25, 0.3) is 0 Å². The van der Waals surface area contributed by atoms with Crippen molar-refractivity contribution in [2.24, 2.45) is 17.8 Å². The molecule has 0 aromatic heterocycles. The topological polar surface area (TPSA) is 21.3 Å². The summed E-state index contributed by atoms with van der Waals surface area (Å²) in [6.45, 7) is 12.6. The molecule has 0 amide bonds. The zero-order valence-electron chi connectivity index (χ0n) is 14.2. The van der Waals surface area contributed by atoms with Crippen molar-refractivity contribution in [3.05, 3.63) is 0 Å². The van der Waals surface area contributed by atoms with Crippen LogP contribution in [-0.4, -0.2) is 24.3 Å². The standard InChI is InChI=1S/C18H35NO/c1-13(2)15(5)20-18(12-19-17-6-7-17)10-8-16(9-11-18)14(3)4/h13-17,19H,6-12H2,1-5H3. The highest BCUT2D eigenvalue weighted by molar-refractivity contribution is 4.93. The molecule has 20 heavy (non-hydrogen) atoms. The van der Waals surface area contributed by atoms with E-state index in [0.717, 1.165) is 24.4 Å². The first kappa shape index (κ1) is 16.3. The Morgan fingerprint density at radius 3 is 2.05 bits per heavy atom. The maximum absolute atomic E-state index is 6.58. The average molecular weight is 281 g/mol. The van der Waals surface area contributed by atoms with Crippen molar-refractivity contribution in [1.29, 1.82) is 0 Å². The molecule has 2 aliphatic rings. The third-order valence-corrected chi connectivity index (χ3v) is 5.55. The summed E-state index contributed by atoms with van der Waals surface area (Å²) in [4.78, 5) is 0. The highest BCUT2D eigenvalue weighted by Crippen LogP contribution is 2.39. The van der Waals surface area contributed by atoms with Gasteiger partial charge in [0, 0.05) is 12.6 Å². The average Bonchev–Trinajstić information content (AvgIpc) is 3.21. The first-order chi connectivity index (χ1) is 9.42. The van der Waals surface area contributed by atoms with E-state index in [1.54, 1.807) is 0 Å². The fourth-order valence-electron chi connectivity index (χ4n) is 3.32. The van der Waals surface area contributed by atoms with E-state index in [2.05, 4.69) is 39.9 Å². The van der Waals surface area contributed by atoms with Gasteiger partial charge in [0.15, 0.2) is 0 Å². The Balaban J connectivity index is 1.93. The zero-order chi connectivity index (χ0) is 14.8. The summed E-state index contributed by atoms with van der Waals surface area (Å²) in [7, 11) is 0. The molecule has 0 aliphatic heterocycles. The van der Waals surface area contributed by atoms with Crippen LogP contribution >= 0.6 is 0 Å². The van der Waals surface area contributed by atoms with Crippen LogP contribution in [0.3, 0.4) is 0 Å². The highest BCUT2D eigenvalue weighted by atomic mass is 16.5. The van der Waals surface area contributed by atoms with Gasteiger partial charge in [0.2, 0.25) is 0 Å². The summed E-state index contributed by atoms with van der Waals surface area (Å²) in [5.74, 6) is 2.34. The van der Waals surface area contributed by atoms with E-state index in [9.17, 15) is 0 Å². The molecule has 2 heteroatoms. The first-order valence-corrected chi connectivity index (χ1v) is 8.83. The number of hydrogen-bond acceptors (Lipinski definition) is 2. The largest absolute Gasteiger partial charge is 0.370 e. The third-order valence-electron chi connectivity index (χ3n) is 5.55. The van der Waals surface area contributed by atoms with Crippen LogP contribution in [0.1, 0.15) is 73.1 Å². The van der Waals surface area contributed by atoms with Gasteiger partial charge in [-0.15, -0.1) is 0 Å². The molecule has 2 fully saturated rings. The van der Waals surface area contributed by atoms with Gasteiger partial charge in [0.05, 0.1) is 11.7 Å². The van der Waals surface area contributed by atoms with Gasteiger partial charge in [-0.05, 0) is 63.2 Å². The van der Waals surface area contributed by atoms with Crippen molar-refractivity contribution < 1.29 is 4.74 Å². The van der Waals surface area contributed by atoms with Crippen LogP contribution in [0, 0.1) is 17.8 Å². The lowest BCUT2D eigenvalue weighted by Crippen LogP contribution is -2.49. The van der Waals surface area contributed by atoms with E-state index in [4.69, 9.17) is 4.74 Å². The van der Waals surface area contributed by atoms with Crippen molar-refractivity contribution in [1.82, 2.24) is 5.32 Å². The minimum absolute atomic E-state index is 0.109. The summed E-state index contributed by atoms with van der Waals surface area (Å²) < 4.78 is 6.58. The molecule has 0 spiro atoms. The first-order valence-electron chi connectivity index (χ1n) is 8.83. The van der Waals surface area contributed by atoms with Gasteiger partial charge in [-0.1, -0.05) is 27.7 Å². The van der Waals surface area contributed by atoms with Crippen LogP contribution in [-0.2, 0) is 4.74 Å². The predicted molar refractivity (Wildman–Crippen MR) is 85.9 cm³/mol. The number of ether oxygens (including phenoxy) is 1. The van der Waals surface area contributed by atoms with Crippen molar-refractivity contribution >= 4 is 0 Å². The molecule has 0 saturated heterocycles. The summed E-state index contributed by atoms with van der Waals surface area (Å²) >= 11 is 0. The molecule has 0 aromatic carbocycles. The lowest BCUT2D eigenvalue weighted by molar-refractivity contribution is -0.127. The van der Waals surface area contributed by atoms with Crippen molar-refractivity contribution in [3.63, 3.8) is 0 Å². The SMILES string of the molecule is CC(C)C1CCC(CNC2CC2)(OC(C)C(C)C)CC1. The molecule has 0 radical (unpaired) electrons. The second-order valence-corrected chi connectivity index (χ2v) is 7.99. The summed E-state index contributed by atoms with van der Waals surface area (Å²) in [5.41, 5.74) is 0.109. The Labute approximate surface area is 126 Å². The van der Waals surface area contributed by atoms with E-state index in [1.165, 1.54) is 38.5 Å². The van der Waals surface area contributed by atoms with Gasteiger partial charge in [0.25, 0.3) is 0 Å².